The van der Waals surface area contributed by atoms with Crippen molar-refractivity contribution in [3.05, 3.63) is 90.4 Å². The molecule has 5 heterocycles. The first kappa shape index (κ1) is 33.5. The normalized spacial score (nSPS) is 21.6. The van der Waals surface area contributed by atoms with E-state index in [0.717, 1.165) is 46.3 Å². The molecule has 5 aromatic rings. The third-order valence-corrected chi connectivity index (χ3v) is 9.71. The molecule has 10 nitrogen and oxygen atoms in total. The summed E-state index contributed by atoms with van der Waals surface area (Å²) in [5.41, 5.74) is 11.5. The number of nitrogens with one attached hydrogen (secondary N) is 1. The summed E-state index contributed by atoms with van der Waals surface area (Å²) in [5.74, 6) is 1.48. The highest BCUT2D eigenvalue weighted by atomic mass is 19.3. The smallest absolute Gasteiger partial charge is 0.258 e. The summed E-state index contributed by atoms with van der Waals surface area (Å²) in [6.07, 6.45) is 3.52. The van der Waals surface area contributed by atoms with Crippen molar-refractivity contribution in [2.45, 2.75) is 82.6 Å². The Morgan fingerprint density at radius 3 is 2.66 bits per heavy atom. The Morgan fingerprint density at radius 1 is 1.10 bits per heavy atom. The van der Waals surface area contributed by atoms with Crippen LogP contribution < -0.4 is 11.1 Å². The Hall–Kier alpha value is -5.04. The number of nitrogens with zero attached hydrogens (tertiary/aromatic N) is 7. The number of imidazole rings is 1. The van der Waals surface area contributed by atoms with Crippen molar-refractivity contribution in [3.8, 4) is 22.9 Å². The number of amides is 1. The predicted molar refractivity (Wildman–Crippen MR) is 186 cm³/mol. The highest BCUT2D eigenvalue weighted by Crippen LogP contribution is 2.40. The molecule has 3 aliphatic rings. The molecule has 0 spiro atoms. The number of carbonyl (C=O) groups is 1. The van der Waals surface area contributed by atoms with Gasteiger partial charge in [-0.3, -0.25) is 9.36 Å². The van der Waals surface area contributed by atoms with Crippen molar-refractivity contribution >= 4 is 22.9 Å². The second kappa shape index (κ2) is 13.7. The Kier molecular flexibility index (Phi) is 9.17. The number of hydrogen-bond acceptors (Lipinski definition) is 7. The third-order valence-electron chi connectivity index (χ3n) is 9.71. The van der Waals surface area contributed by atoms with Crippen molar-refractivity contribution in [2.24, 2.45) is 0 Å². The molecule has 0 bridgehead atoms. The van der Waals surface area contributed by atoms with Gasteiger partial charge in [-0.2, -0.15) is 5.10 Å². The Balaban J connectivity index is 0.00000193. The second-order valence-corrected chi connectivity index (χ2v) is 12.8. The van der Waals surface area contributed by atoms with E-state index in [4.69, 9.17) is 20.8 Å². The average Bonchev–Trinajstić information content (AvgIpc) is 3.61. The number of hydrogen-bond donors (Lipinski definition) is 2. The first-order valence-electron chi connectivity index (χ1n) is 17.2. The number of piperidine rings is 1. The molecule has 4 aromatic heterocycles. The van der Waals surface area contributed by atoms with E-state index in [1.165, 1.54) is 0 Å². The van der Waals surface area contributed by atoms with Gasteiger partial charge in [0, 0.05) is 43.0 Å². The maximum Gasteiger partial charge on any atom is 0.258 e. The lowest BCUT2D eigenvalue weighted by molar-refractivity contribution is -0.134. The SMILES string of the molecule is C=CC(=O)N1CCC(NC2c3ccc(-n4c(-c5cccnc5N)nc5ccc(-n6ccc(C7CC7)n6)nc54)cc3CC2F)CC1C(F)F.CC. The monoisotopic (exact) mass is 683 g/mol. The van der Waals surface area contributed by atoms with E-state index in [1.807, 2.05) is 67.1 Å². The van der Waals surface area contributed by atoms with E-state index in [9.17, 15) is 13.6 Å². The summed E-state index contributed by atoms with van der Waals surface area (Å²) >= 11 is 0. The Bertz CT molecular complexity index is 2040. The zero-order valence-electron chi connectivity index (χ0n) is 28.0. The van der Waals surface area contributed by atoms with Gasteiger partial charge < -0.3 is 16.0 Å². The molecule has 1 aromatic carbocycles. The second-order valence-electron chi connectivity index (χ2n) is 12.8. The van der Waals surface area contributed by atoms with Crippen LogP contribution in [0.5, 0.6) is 0 Å². The summed E-state index contributed by atoms with van der Waals surface area (Å²) < 4.78 is 47.3. The summed E-state index contributed by atoms with van der Waals surface area (Å²) in [5, 5.41) is 8.07. The van der Waals surface area contributed by atoms with Gasteiger partial charge in [0.05, 0.1) is 23.3 Å². The number of pyridine rings is 2. The van der Waals surface area contributed by atoms with E-state index in [2.05, 4.69) is 16.9 Å². The molecule has 0 radical (unpaired) electrons. The molecule has 260 valence electrons. The molecule has 1 saturated heterocycles. The fraction of sp³-hybridized carbons (Fsp3) is 0.378. The minimum absolute atomic E-state index is 0.0250. The van der Waals surface area contributed by atoms with Crippen LogP contribution in [0.15, 0.2) is 73.6 Å². The van der Waals surface area contributed by atoms with Crippen molar-refractivity contribution in [1.82, 2.24) is 39.5 Å². The van der Waals surface area contributed by atoms with Gasteiger partial charge in [-0.05, 0) is 85.4 Å². The molecule has 13 heteroatoms. The fourth-order valence-corrected chi connectivity index (χ4v) is 7.13. The van der Waals surface area contributed by atoms with Crippen LogP contribution in [0.25, 0.3) is 34.1 Å². The number of alkyl halides is 3. The minimum Gasteiger partial charge on any atom is -0.383 e. The van der Waals surface area contributed by atoms with Gasteiger partial charge in [-0.1, -0.05) is 26.5 Å². The van der Waals surface area contributed by atoms with Crippen LogP contribution in [0.3, 0.4) is 0 Å². The molecule has 1 amide bonds. The number of benzene rings is 1. The van der Waals surface area contributed by atoms with Gasteiger partial charge in [0.25, 0.3) is 6.43 Å². The topological polar surface area (TPSA) is 120 Å². The van der Waals surface area contributed by atoms with Crippen LogP contribution in [-0.2, 0) is 11.2 Å². The summed E-state index contributed by atoms with van der Waals surface area (Å²) in [6.45, 7) is 7.59. The molecule has 50 heavy (non-hydrogen) atoms. The lowest BCUT2D eigenvalue weighted by atomic mass is 9.95. The number of aromatic nitrogens is 6. The number of nitrogens with two attached hydrogens (primary N) is 1. The molecule has 2 aliphatic carbocycles. The van der Waals surface area contributed by atoms with E-state index >= 15 is 4.39 Å². The summed E-state index contributed by atoms with van der Waals surface area (Å²) in [6, 6.07) is 12.8. The lowest BCUT2D eigenvalue weighted by Crippen LogP contribution is -2.54. The predicted octanol–water partition coefficient (Wildman–Crippen LogP) is 6.49. The molecule has 4 unspecified atom stereocenters. The van der Waals surface area contributed by atoms with Gasteiger partial charge in [-0.25, -0.2) is 32.8 Å². The number of halogens is 3. The number of rotatable bonds is 8. The molecule has 8 rings (SSSR count). The van der Waals surface area contributed by atoms with Crippen LogP contribution in [0.4, 0.5) is 19.0 Å². The van der Waals surface area contributed by atoms with Crippen molar-refractivity contribution < 1.29 is 18.0 Å². The largest absolute Gasteiger partial charge is 0.383 e. The van der Waals surface area contributed by atoms with E-state index in [1.54, 1.807) is 16.9 Å². The maximum atomic E-state index is 15.7. The first-order valence-corrected chi connectivity index (χ1v) is 17.2. The number of nitrogen functional groups attached to an aromatic ring is 1. The Morgan fingerprint density at radius 2 is 1.92 bits per heavy atom. The maximum absolute atomic E-state index is 15.7. The standard InChI is InChI=1S/C35H34F3N9O.C2H6/c1-2-30(48)45-14-11-21(18-28(45)32(37)38)41-31-23-8-7-22(16-20(23)17-25(31)36)47-34(24-4-3-13-40-33(24)39)42-27-9-10-29(43-35(27)47)46-15-12-26(44-46)19-5-6-19;1-2/h2-4,7-10,12-13,15-16,19,21,25,28,31-32,41H,1,5-6,11,14,17-18H2,(H2,39,40);1-2H3. The zero-order chi connectivity index (χ0) is 35.1. The summed E-state index contributed by atoms with van der Waals surface area (Å²) in [4.78, 5) is 27.5. The van der Waals surface area contributed by atoms with Crippen LogP contribution in [-0.4, -0.2) is 71.3 Å². The fourth-order valence-electron chi connectivity index (χ4n) is 7.13. The van der Waals surface area contributed by atoms with Gasteiger partial charge in [0.15, 0.2) is 17.3 Å². The quantitative estimate of drug-likeness (QED) is 0.180. The molecule has 1 saturated carbocycles. The van der Waals surface area contributed by atoms with Gasteiger partial charge in [0.1, 0.15) is 17.5 Å². The number of carbonyl (C=O) groups excluding carboxylic acids is 1. The van der Waals surface area contributed by atoms with Crippen LogP contribution >= 0.6 is 0 Å². The van der Waals surface area contributed by atoms with Gasteiger partial charge in [-0.15, -0.1) is 0 Å². The molecule has 3 N–H and O–H groups in total. The van der Waals surface area contributed by atoms with Crippen molar-refractivity contribution in [3.63, 3.8) is 0 Å². The van der Waals surface area contributed by atoms with Crippen LogP contribution in [0.2, 0.25) is 0 Å². The van der Waals surface area contributed by atoms with Crippen LogP contribution in [0.1, 0.15) is 68.3 Å². The third kappa shape index (κ3) is 6.14. The van der Waals surface area contributed by atoms with E-state index in [-0.39, 0.29) is 25.4 Å². The molecule has 1 aliphatic heterocycles. The first-order chi connectivity index (χ1) is 24.3. The van der Waals surface area contributed by atoms with Crippen molar-refractivity contribution in [1.29, 1.82) is 0 Å². The number of likely N-dealkylation sites (tertiary alicyclic amines) is 1. The summed E-state index contributed by atoms with van der Waals surface area (Å²) in [7, 11) is 0. The van der Waals surface area contributed by atoms with Gasteiger partial charge >= 0.3 is 0 Å². The van der Waals surface area contributed by atoms with Crippen LogP contribution in [0, 0.1) is 0 Å². The van der Waals surface area contributed by atoms with Crippen molar-refractivity contribution in [2.75, 3.05) is 12.3 Å². The molecular weight excluding hydrogens is 643 g/mol. The van der Waals surface area contributed by atoms with Gasteiger partial charge in [0.2, 0.25) is 5.91 Å². The average molecular weight is 684 g/mol. The minimum atomic E-state index is -2.71. The molecule has 2 fully saturated rings. The van der Waals surface area contributed by atoms with E-state index in [0.29, 0.717) is 46.5 Å². The zero-order valence-corrected chi connectivity index (χ0v) is 28.0. The number of anilines is 1. The van der Waals surface area contributed by atoms with E-state index < -0.39 is 30.6 Å². The Labute approximate surface area is 288 Å². The molecule has 4 atom stereocenters. The molecular formula is C37H40F3N9O. The lowest BCUT2D eigenvalue weighted by Gasteiger charge is -2.40. The number of fused-ring (bicyclic) bond motifs is 2. The highest BCUT2D eigenvalue weighted by Gasteiger charge is 2.40. The highest BCUT2D eigenvalue weighted by molar-refractivity contribution is 5.87.